The van der Waals surface area contributed by atoms with Gasteiger partial charge in [-0.05, 0) is 51.7 Å². The van der Waals surface area contributed by atoms with Gasteiger partial charge in [0.2, 0.25) is 0 Å². The number of thioether (sulfide) groups is 1. The fourth-order valence-electron chi connectivity index (χ4n) is 4.59. The monoisotopic (exact) mass is 532 g/mol. The van der Waals surface area contributed by atoms with Gasteiger partial charge in [0.15, 0.2) is 0 Å². The summed E-state index contributed by atoms with van der Waals surface area (Å²) in [6.07, 6.45) is 3.85. The molecule has 2 fully saturated rings. The summed E-state index contributed by atoms with van der Waals surface area (Å²) in [4.78, 5) is 42.9. The van der Waals surface area contributed by atoms with Crippen LogP contribution >= 0.6 is 24.0 Å². The molecule has 2 aliphatic heterocycles. The molecule has 1 unspecified atom stereocenters. The highest BCUT2D eigenvalue weighted by molar-refractivity contribution is 8.26. The largest absolute Gasteiger partial charge is 0.466 e. The van der Waals surface area contributed by atoms with Crippen LogP contribution in [0.1, 0.15) is 49.8 Å². The number of nitriles is 1. The molecule has 9 nitrogen and oxygen atoms in total. The Morgan fingerprint density at radius 1 is 1.33 bits per heavy atom. The first-order valence-electron chi connectivity index (χ1n) is 12.1. The number of pyridine rings is 1. The summed E-state index contributed by atoms with van der Waals surface area (Å²) in [6.45, 7) is 7.98. The number of ether oxygens (including phenoxy) is 2. The van der Waals surface area contributed by atoms with Crippen LogP contribution in [0.25, 0.3) is 6.08 Å². The van der Waals surface area contributed by atoms with Gasteiger partial charge in [-0.25, -0.2) is 0 Å². The summed E-state index contributed by atoms with van der Waals surface area (Å²) in [7, 11) is 1.61. The minimum atomic E-state index is -0.380. The number of anilines is 1. The summed E-state index contributed by atoms with van der Waals surface area (Å²) < 4.78 is 12.4. The van der Waals surface area contributed by atoms with E-state index in [1.54, 1.807) is 36.5 Å². The van der Waals surface area contributed by atoms with Crippen LogP contribution in [0.3, 0.4) is 0 Å². The van der Waals surface area contributed by atoms with Crippen LogP contribution in [0.15, 0.2) is 9.70 Å². The van der Waals surface area contributed by atoms with E-state index < -0.39 is 0 Å². The fraction of sp³-hybridized carbons (Fsp3) is 0.560. The highest BCUT2D eigenvalue weighted by Gasteiger charge is 2.34. The van der Waals surface area contributed by atoms with Gasteiger partial charge in [0.25, 0.3) is 11.5 Å². The van der Waals surface area contributed by atoms with Crippen molar-refractivity contribution in [3.8, 4) is 6.07 Å². The lowest BCUT2D eigenvalue weighted by atomic mass is 9.96. The van der Waals surface area contributed by atoms with Crippen molar-refractivity contribution in [2.75, 3.05) is 44.9 Å². The lowest BCUT2D eigenvalue weighted by molar-refractivity contribution is -0.148. The number of thiocarbonyl (C=S) groups is 1. The van der Waals surface area contributed by atoms with Crippen molar-refractivity contribution in [3.05, 3.63) is 31.9 Å². The maximum atomic E-state index is 13.2. The second-order valence-electron chi connectivity index (χ2n) is 8.62. The molecule has 1 amide bonds. The number of piperidine rings is 1. The molecule has 194 valence electrons. The molecule has 0 spiro atoms. The van der Waals surface area contributed by atoms with Gasteiger partial charge in [0, 0.05) is 45.5 Å². The van der Waals surface area contributed by atoms with Crippen molar-refractivity contribution < 1.29 is 19.1 Å². The van der Waals surface area contributed by atoms with E-state index in [2.05, 4.69) is 0 Å². The molecule has 0 saturated carbocycles. The van der Waals surface area contributed by atoms with E-state index in [1.165, 1.54) is 11.8 Å². The molecule has 1 aromatic heterocycles. The lowest BCUT2D eigenvalue weighted by Crippen LogP contribution is -2.43. The molecule has 0 N–H and O–H groups in total. The van der Waals surface area contributed by atoms with Crippen LogP contribution in [0.5, 0.6) is 0 Å². The number of amides is 1. The third kappa shape index (κ3) is 5.66. The third-order valence-electron chi connectivity index (χ3n) is 6.38. The molecule has 0 bridgehead atoms. The Labute approximate surface area is 221 Å². The van der Waals surface area contributed by atoms with Crippen LogP contribution in [-0.2, 0) is 25.6 Å². The lowest BCUT2D eigenvalue weighted by Gasteiger charge is -2.36. The summed E-state index contributed by atoms with van der Waals surface area (Å²) >= 11 is 6.66. The average molecular weight is 533 g/mol. The average Bonchev–Trinajstić information content (AvgIpc) is 3.13. The van der Waals surface area contributed by atoms with Crippen LogP contribution < -0.4 is 10.5 Å². The van der Waals surface area contributed by atoms with Gasteiger partial charge in [-0.2, -0.15) is 5.26 Å². The van der Waals surface area contributed by atoms with Crippen LogP contribution in [0.4, 0.5) is 5.82 Å². The Hall–Kier alpha value is -2.68. The minimum absolute atomic E-state index is 0.0429. The predicted molar refractivity (Wildman–Crippen MR) is 144 cm³/mol. The second kappa shape index (κ2) is 12.5. The fourth-order valence-corrected chi connectivity index (χ4v) is 5.88. The molecule has 0 radical (unpaired) electrons. The Morgan fingerprint density at radius 3 is 2.72 bits per heavy atom. The van der Waals surface area contributed by atoms with Gasteiger partial charge in [-0.1, -0.05) is 24.0 Å². The molecule has 1 aromatic rings. The molecule has 2 aliphatic rings. The van der Waals surface area contributed by atoms with E-state index in [1.807, 2.05) is 17.9 Å². The van der Waals surface area contributed by atoms with Gasteiger partial charge in [0.1, 0.15) is 21.8 Å². The van der Waals surface area contributed by atoms with Gasteiger partial charge in [0.05, 0.1) is 17.4 Å². The number of esters is 1. The molecule has 1 atom stereocenters. The maximum Gasteiger partial charge on any atom is 0.310 e. The number of rotatable bonds is 9. The first-order valence-corrected chi connectivity index (χ1v) is 13.3. The number of carbonyl (C=O) groups excluding carboxylic acids is 2. The first kappa shape index (κ1) is 27.9. The van der Waals surface area contributed by atoms with Gasteiger partial charge >= 0.3 is 5.97 Å². The molecular weight excluding hydrogens is 500 g/mol. The summed E-state index contributed by atoms with van der Waals surface area (Å²) in [5.41, 5.74) is 0.788. The standard InChI is InChI=1S/C25H32N4O5S2/c1-5-28-21(27-10-7-9-17(15-27)24(32)34-6-2)18(16(3)19(14-26)22(28)30)13-20-23(31)29(25(35)36-20)11-8-12-33-4/h13,17H,5-12,15H2,1-4H3/b20-13+. The Morgan fingerprint density at radius 2 is 2.08 bits per heavy atom. The molecule has 36 heavy (non-hydrogen) atoms. The van der Waals surface area contributed by atoms with Crippen LogP contribution in [0, 0.1) is 24.2 Å². The summed E-state index contributed by atoms with van der Waals surface area (Å²) in [6, 6.07) is 2.04. The number of aromatic nitrogens is 1. The van der Waals surface area contributed by atoms with Crippen molar-refractivity contribution >= 4 is 52.1 Å². The van der Waals surface area contributed by atoms with E-state index in [0.29, 0.717) is 78.4 Å². The normalized spacial score (nSPS) is 19.2. The van der Waals surface area contributed by atoms with Crippen molar-refractivity contribution in [3.63, 3.8) is 0 Å². The van der Waals surface area contributed by atoms with Crippen LogP contribution in [-0.4, -0.2) is 65.6 Å². The summed E-state index contributed by atoms with van der Waals surface area (Å²) in [5, 5.41) is 9.76. The van der Waals surface area contributed by atoms with Crippen molar-refractivity contribution in [2.45, 2.75) is 46.6 Å². The zero-order chi connectivity index (χ0) is 26.4. The summed E-state index contributed by atoms with van der Waals surface area (Å²) in [5.74, 6) is -0.168. The van der Waals surface area contributed by atoms with Crippen LogP contribution in [0.2, 0.25) is 0 Å². The van der Waals surface area contributed by atoms with E-state index in [9.17, 15) is 19.6 Å². The molecule has 2 saturated heterocycles. The van der Waals surface area contributed by atoms with Gasteiger partial charge in [-0.15, -0.1) is 0 Å². The smallest absolute Gasteiger partial charge is 0.310 e. The highest BCUT2D eigenvalue weighted by Crippen LogP contribution is 2.37. The molecule has 0 aliphatic carbocycles. The van der Waals surface area contributed by atoms with E-state index in [0.717, 1.165) is 6.42 Å². The zero-order valence-electron chi connectivity index (χ0n) is 21.2. The van der Waals surface area contributed by atoms with E-state index in [-0.39, 0.29) is 28.9 Å². The van der Waals surface area contributed by atoms with Gasteiger partial charge < -0.3 is 14.4 Å². The third-order valence-corrected chi connectivity index (χ3v) is 7.76. The highest BCUT2D eigenvalue weighted by atomic mass is 32.2. The van der Waals surface area contributed by atoms with Crippen molar-refractivity contribution in [1.29, 1.82) is 5.26 Å². The van der Waals surface area contributed by atoms with Crippen molar-refractivity contribution in [2.24, 2.45) is 5.92 Å². The van der Waals surface area contributed by atoms with Crippen molar-refractivity contribution in [1.82, 2.24) is 9.47 Å². The molecular formula is C25H32N4O5S2. The number of methoxy groups -OCH3 is 1. The molecule has 0 aromatic carbocycles. The van der Waals surface area contributed by atoms with Gasteiger partial charge in [-0.3, -0.25) is 23.9 Å². The molecule has 3 heterocycles. The predicted octanol–water partition coefficient (Wildman–Crippen LogP) is 3.07. The zero-order valence-corrected chi connectivity index (χ0v) is 22.8. The minimum Gasteiger partial charge on any atom is -0.466 e. The number of hydrogen-bond donors (Lipinski definition) is 0. The number of hydrogen-bond acceptors (Lipinski definition) is 9. The Bertz CT molecular complexity index is 1170. The number of carbonyl (C=O) groups is 2. The molecule has 11 heteroatoms. The van der Waals surface area contributed by atoms with E-state index >= 15 is 0 Å². The second-order valence-corrected chi connectivity index (χ2v) is 10.3. The SMILES string of the molecule is CCOC(=O)C1CCCN(c2c(/C=C3/SC(=S)N(CCCOC)C3=O)c(C)c(C#N)c(=O)n2CC)C1. The number of nitrogens with zero attached hydrogens (tertiary/aromatic N) is 4. The van der Waals surface area contributed by atoms with E-state index in [4.69, 9.17) is 21.7 Å². The Balaban J connectivity index is 2.11. The molecule has 3 rings (SSSR count). The first-order chi connectivity index (χ1) is 17.3. The maximum absolute atomic E-state index is 13.2. The topological polar surface area (TPSA) is 105 Å². The Kier molecular flexibility index (Phi) is 9.70. The quantitative estimate of drug-likeness (QED) is 0.205.